The average Bonchev–Trinajstić information content (AvgIpc) is 2.56. The molecule has 23 heteroatoms. The summed E-state index contributed by atoms with van der Waals surface area (Å²) in [5.74, 6) is -50.5. The Morgan fingerprint density at radius 2 is 0.882 bits per heavy atom. The number of hydrogen-bond acceptors (Lipinski definition) is 3. The van der Waals surface area contributed by atoms with Crippen molar-refractivity contribution in [1.29, 1.82) is 0 Å². The van der Waals surface area contributed by atoms with Gasteiger partial charge in [0.25, 0.3) is 0 Å². The van der Waals surface area contributed by atoms with Crippen LogP contribution in [0.5, 0.6) is 0 Å². The molecule has 0 spiro atoms. The van der Waals surface area contributed by atoms with E-state index in [1.54, 1.807) is 0 Å². The molecule has 0 heterocycles. The molecule has 34 heavy (non-hydrogen) atoms. The second-order valence-electron chi connectivity index (χ2n) is 6.09. The van der Waals surface area contributed by atoms with Crippen LogP contribution in [0.1, 0.15) is 12.8 Å². The fourth-order valence-electron chi connectivity index (χ4n) is 1.81. The Morgan fingerprint density at radius 1 is 0.588 bits per heavy atom. The van der Waals surface area contributed by atoms with Gasteiger partial charge in [-0.1, -0.05) is 0 Å². The molecular weight excluding hydrogens is 593 g/mol. The molecule has 0 fully saturated rings. The third-order valence-electron chi connectivity index (χ3n) is 3.75. The van der Waals surface area contributed by atoms with Crippen molar-refractivity contribution in [1.82, 2.24) is 0 Å². The first-order valence-electron chi connectivity index (χ1n) is 7.19. The van der Waals surface area contributed by atoms with Gasteiger partial charge in [0, 0.05) is 6.42 Å². The molecule has 3 nitrogen and oxygen atoms in total. The molecular formula is C11H5F18KO3S. The predicted molar refractivity (Wildman–Crippen MR) is 64.5 cm³/mol. The van der Waals surface area contributed by atoms with E-state index < -0.39 is 76.1 Å². The second kappa shape index (κ2) is 9.87. The van der Waals surface area contributed by atoms with E-state index in [4.69, 9.17) is 0 Å². The van der Waals surface area contributed by atoms with Gasteiger partial charge in [-0.3, -0.25) is 0 Å². The summed E-state index contributed by atoms with van der Waals surface area (Å²) in [4.78, 5) is 0. The summed E-state index contributed by atoms with van der Waals surface area (Å²) in [5, 5.41) is -7.93. The van der Waals surface area contributed by atoms with E-state index in [9.17, 15) is 92.0 Å². The Hall–Kier alpha value is 0.286. The van der Waals surface area contributed by atoms with Crippen molar-refractivity contribution in [3.63, 3.8) is 0 Å². The van der Waals surface area contributed by atoms with Crippen molar-refractivity contribution in [2.24, 2.45) is 0 Å². The molecule has 0 rings (SSSR count). The van der Waals surface area contributed by atoms with Crippen LogP contribution in [0.3, 0.4) is 0 Å². The normalized spacial score (nSPS) is 16.8. The minimum Gasteiger partial charge on any atom is -0.743 e. The quantitative estimate of drug-likeness (QED) is 0.221. The molecule has 0 aliphatic carbocycles. The number of halogens is 18. The van der Waals surface area contributed by atoms with Crippen LogP contribution in [0.25, 0.3) is 0 Å². The van der Waals surface area contributed by atoms with E-state index in [-0.39, 0.29) is 51.4 Å². The van der Waals surface area contributed by atoms with Gasteiger partial charge in [0.1, 0.15) is 0 Å². The summed E-state index contributed by atoms with van der Waals surface area (Å²) in [6, 6.07) is 0. The predicted octanol–water partition coefficient (Wildman–Crippen LogP) is 2.62. The van der Waals surface area contributed by atoms with Crippen molar-refractivity contribution in [2.45, 2.75) is 66.0 Å². The van der Waals surface area contributed by atoms with Crippen LogP contribution in [0, 0.1) is 0 Å². The smallest absolute Gasteiger partial charge is 0.743 e. The van der Waals surface area contributed by atoms with Crippen molar-refractivity contribution in [3.8, 4) is 0 Å². The van der Waals surface area contributed by atoms with Crippen molar-refractivity contribution >= 4 is 10.1 Å². The largest absolute Gasteiger partial charge is 1.00 e. The van der Waals surface area contributed by atoms with E-state index in [1.165, 1.54) is 0 Å². The minimum atomic E-state index is -8.81. The topological polar surface area (TPSA) is 57.2 Å². The Labute approximate surface area is 218 Å². The summed E-state index contributed by atoms with van der Waals surface area (Å²) in [6.07, 6.45) is -16.5. The third kappa shape index (κ3) is 5.58. The fourth-order valence-corrected chi connectivity index (χ4v) is 2.25. The monoisotopic (exact) mass is 598 g/mol. The Bertz CT molecular complexity index is 819. The number of alkyl halides is 18. The molecule has 1 unspecified atom stereocenters. The zero-order valence-corrected chi connectivity index (χ0v) is 19.4. The standard InChI is InChI=1S/C11H6F18O3S.K/c12-3(1-2-4(13,14)15)5(16,17)6(18,19)7(20,21)8(22,23)9(24,25)10(26,27)11(28,29)33(30,31)32;/h3H,1-2H2,(H,30,31,32);/q;+1/p-1. The van der Waals surface area contributed by atoms with E-state index in [0.717, 1.165) is 0 Å². The van der Waals surface area contributed by atoms with Crippen LogP contribution in [0.4, 0.5) is 79.0 Å². The van der Waals surface area contributed by atoms with Gasteiger partial charge in [-0.15, -0.1) is 0 Å². The van der Waals surface area contributed by atoms with Crippen LogP contribution in [-0.4, -0.2) is 66.1 Å². The van der Waals surface area contributed by atoms with Gasteiger partial charge in [-0.25, -0.2) is 12.8 Å². The molecule has 0 aromatic rings. The van der Waals surface area contributed by atoms with Gasteiger partial charge in [0.15, 0.2) is 16.3 Å². The van der Waals surface area contributed by atoms with Gasteiger partial charge in [-0.05, 0) is 6.42 Å². The maximum absolute atomic E-state index is 13.4. The fraction of sp³-hybridized carbons (Fsp3) is 1.00. The first kappa shape index (κ1) is 36.4. The van der Waals surface area contributed by atoms with E-state index in [0.29, 0.717) is 0 Å². The molecule has 200 valence electrons. The number of rotatable bonds is 10. The van der Waals surface area contributed by atoms with Crippen LogP contribution < -0.4 is 51.4 Å². The summed E-state index contributed by atoms with van der Waals surface area (Å²) in [7, 11) is -8.14. The Morgan fingerprint density at radius 3 is 1.18 bits per heavy atom. The molecule has 0 aliphatic heterocycles. The first-order valence-corrected chi connectivity index (χ1v) is 8.59. The molecule has 0 saturated heterocycles. The third-order valence-corrected chi connectivity index (χ3v) is 4.63. The summed E-state index contributed by atoms with van der Waals surface area (Å²) < 4.78 is 263. The molecule has 0 aliphatic rings. The van der Waals surface area contributed by atoms with E-state index >= 15 is 0 Å². The van der Waals surface area contributed by atoms with Gasteiger partial charge < -0.3 is 4.55 Å². The number of hydrogen-bond donors (Lipinski definition) is 0. The molecule has 0 amide bonds. The zero-order chi connectivity index (χ0) is 27.5. The maximum Gasteiger partial charge on any atom is 1.00 e. The van der Waals surface area contributed by atoms with E-state index in [1.807, 2.05) is 0 Å². The first-order chi connectivity index (χ1) is 13.9. The summed E-state index contributed by atoms with van der Waals surface area (Å²) in [5.41, 5.74) is 0. The molecule has 0 radical (unpaired) electrons. The van der Waals surface area contributed by atoms with Crippen LogP contribution >= 0.6 is 0 Å². The van der Waals surface area contributed by atoms with Crippen molar-refractivity contribution in [2.75, 3.05) is 0 Å². The van der Waals surface area contributed by atoms with Gasteiger partial charge in [0.2, 0.25) is 0 Å². The summed E-state index contributed by atoms with van der Waals surface area (Å²) >= 11 is 0. The molecule has 0 saturated carbocycles. The molecule has 0 N–H and O–H groups in total. The molecule has 0 aromatic heterocycles. The van der Waals surface area contributed by atoms with Crippen LogP contribution in [-0.2, 0) is 10.1 Å². The van der Waals surface area contributed by atoms with Gasteiger partial charge in [0.05, 0.1) is 0 Å². The average molecular weight is 598 g/mol. The van der Waals surface area contributed by atoms with Gasteiger partial charge >= 0.3 is 98.4 Å². The Kier molecular flexibility index (Phi) is 10.6. The zero-order valence-electron chi connectivity index (χ0n) is 15.4. The van der Waals surface area contributed by atoms with Crippen molar-refractivity contribution in [3.05, 3.63) is 0 Å². The van der Waals surface area contributed by atoms with Gasteiger partial charge in [-0.2, -0.15) is 74.6 Å². The van der Waals surface area contributed by atoms with Crippen LogP contribution in [0.2, 0.25) is 0 Å². The SMILES string of the molecule is O=S(=O)([O-])C(F)(F)C(F)(F)C(F)(F)C(F)(F)C(F)(F)C(F)(F)C(F)(F)C(F)CCC(F)(F)F.[K+]. The minimum absolute atomic E-state index is 0. The van der Waals surface area contributed by atoms with Crippen LogP contribution in [0.15, 0.2) is 0 Å². The molecule has 0 bridgehead atoms. The second-order valence-corrected chi connectivity index (χ2v) is 7.51. The molecule has 0 aromatic carbocycles. The molecule has 1 atom stereocenters. The Balaban J connectivity index is 0. The van der Waals surface area contributed by atoms with Crippen molar-refractivity contribution < 1.29 is 143 Å². The van der Waals surface area contributed by atoms with E-state index in [2.05, 4.69) is 0 Å². The summed E-state index contributed by atoms with van der Waals surface area (Å²) in [6.45, 7) is 0. The maximum atomic E-state index is 13.4.